The van der Waals surface area contributed by atoms with Crippen molar-refractivity contribution in [2.45, 2.75) is 25.0 Å². The molecule has 0 aliphatic carbocycles. The van der Waals surface area contributed by atoms with Crippen molar-refractivity contribution in [2.75, 3.05) is 13.1 Å². The van der Waals surface area contributed by atoms with E-state index in [4.69, 9.17) is 0 Å². The van der Waals surface area contributed by atoms with Crippen LogP contribution in [0.3, 0.4) is 0 Å². The van der Waals surface area contributed by atoms with Crippen molar-refractivity contribution in [3.8, 4) is 0 Å². The largest absolute Gasteiger partial charge is 0.389 e. The number of carbonyl (C=O) groups is 1. The van der Waals surface area contributed by atoms with Gasteiger partial charge in [0.05, 0.1) is 11.6 Å². The summed E-state index contributed by atoms with van der Waals surface area (Å²) in [7, 11) is 0. The van der Waals surface area contributed by atoms with Gasteiger partial charge in [-0.3, -0.25) is 4.79 Å². The number of carbonyl (C=O) groups excluding carboxylic acids is 1. The first-order valence-electron chi connectivity index (χ1n) is 8.05. The van der Waals surface area contributed by atoms with E-state index >= 15 is 0 Å². The number of hydrogen-bond donors (Lipinski definition) is 3. The SMILES string of the molecule is Cc1cc(F)cc(C(=O)N[C@]2(c3ccccc3)CCNC[C@H]2O)c1.Cl. The fourth-order valence-electron chi connectivity index (χ4n) is 3.30. The van der Waals surface area contributed by atoms with Gasteiger partial charge >= 0.3 is 0 Å². The molecule has 1 heterocycles. The molecule has 3 rings (SSSR count). The van der Waals surface area contributed by atoms with E-state index in [1.54, 1.807) is 13.0 Å². The number of hydrogen-bond acceptors (Lipinski definition) is 3. The lowest BCUT2D eigenvalue weighted by atomic mass is 9.79. The molecule has 0 radical (unpaired) electrons. The van der Waals surface area contributed by atoms with Crippen LogP contribution in [0.5, 0.6) is 0 Å². The summed E-state index contributed by atoms with van der Waals surface area (Å²) in [5, 5.41) is 16.7. The molecule has 2 aromatic carbocycles. The van der Waals surface area contributed by atoms with E-state index < -0.39 is 17.5 Å². The number of rotatable bonds is 3. The Balaban J connectivity index is 0.00000225. The van der Waals surface area contributed by atoms with Gasteiger partial charge in [-0.15, -0.1) is 12.4 Å². The number of aliphatic hydroxyl groups is 1. The fraction of sp³-hybridized carbons (Fsp3) is 0.316. The van der Waals surface area contributed by atoms with Crippen LogP contribution in [-0.4, -0.2) is 30.2 Å². The second kappa shape index (κ2) is 7.95. The first-order chi connectivity index (χ1) is 11.5. The third-order valence-electron chi connectivity index (χ3n) is 4.53. The van der Waals surface area contributed by atoms with E-state index in [-0.39, 0.29) is 23.9 Å². The summed E-state index contributed by atoms with van der Waals surface area (Å²) in [5.41, 5.74) is 0.901. The maximum Gasteiger partial charge on any atom is 0.252 e. The molecular weight excluding hydrogens is 343 g/mol. The van der Waals surface area contributed by atoms with Gasteiger partial charge in [-0.05, 0) is 49.2 Å². The van der Waals surface area contributed by atoms with Gasteiger partial charge in [0, 0.05) is 12.1 Å². The number of β-amino-alcohol motifs (C(OH)–C–C–N with tert-alkyl or cyclic N) is 1. The van der Waals surface area contributed by atoms with E-state index in [0.717, 1.165) is 5.56 Å². The van der Waals surface area contributed by atoms with Crippen LogP contribution in [0.25, 0.3) is 0 Å². The number of amides is 1. The minimum absolute atomic E-state index is 0. The Morgan fingerprint density at radius 3 is 2.64 bits per heavy atom. The molecule has 2 aromatic rings. The number of aliphatic hydroxyl groups excluding tert-OH is 1. The van der Waals surface area contributed by atoms with Crippen LogP contribution in [0.1, 0.15) is 27.9 Å². The van der Waals surface area contributed by atoms with E-state index in [0.29, 0.717) is 25.1 Å². The third-order valence-corrected chi connectivity index (χ3v) is 4.53. The average molecular weight is 365 g/mol. The van der Waals surface area contributed by atoms with Crippen molar-refractivity contribution in [1.29, 1.82) is 0 Å². The van der Waals surface area contributed by atoms with Gasteiger partial charge in [0.1, 0.15) is 5.82 Å². The van der Waals surface area contributed by atoms with Crippen LogP contribution in [-0.2, 0) is 5.54 Å². The van der Waals surface area contributed by atoms with Crippen molar-refractivity contribution in [1.82, 2.24) is 10.6 Å². The minimum Gasteiger partial charge on any atom is -0.389 e. The number of halogens is 2. The molecule has 1 fully saturated rings. The lowest BCUT2D eigenvalue weighted by Crippen LogP contribution is -2.61. The molecule has 25 heavy (non-hydrogen) atoms. The molecule has 3 N–H and O–H groups in total. The Kier molecular flexibility index (Phi) is 6.16. The zero-order valence-corrected chi connectivity index (χ0v) is 14.8. The summed E-state index contributed by atoms with van der Waals surface area (Å²) in [5.74, 6) is -0.831. The Bertz CT molecular complexity index is 721. The van der Waals surface area contributed by atoms with E-state index in [9.17, 15) is 14.3 Å². The first kappa shape index (κ1) is 19.4. The molecule has 0 unspecified atom stereocenters. The second-order valence-corrected chi connectivity index (χ2v) is 6.28. The van der Waals surface area contributed by atoms with Gasteiger partial charge in [0.25, 0.3) is 5.91 Å². The lowest BCUT2D eigenvalue weighted by Gasteiger charge is -2.43. The third kappa shape index (κ3) is 4.00. The van der Waals surface area contributed by atoms with Gasteiger partial charge < -0.3 is 15.7 Å². The van der Waals surface area contributed by atoms with E-state index in [1.165, 1.54) is 12.1 Å². The zero-order valence-electron chi connectivity index (χ0n) is 14.0. The fourth-order valence-corrected chi connectivity index (χ4v) is 3.30. The molecule has 0 saturated carbocycles. The monoisotopic (exact) mass is 364 g/mol. The molecule has 1 amide bonds. The summed E-state index contributed by atoms with van der Waals surface area (Å²) in [6.07, 6.45) is -0.217. The summed E-state index contributed by atoms with van der Waals surface area (Å²) in [6.45, 7) is 2.80. The molecule has 0 spiro atoms. The predicted octanol–water partition coefficient (Wildman–Crippen LogP) is 2.54. The maximum atomic E-state index is 13.6. The molecule has 1 saturated heterocycles. The van der Waals surface area contributed by atoms with Crippen molar-refractivity contribution in [2.24, 2.45) is 0 Å². The van der Waals surface area contributed by atoms with Crippen LogP contribution in [0.2, 0.25) is 0 Å². The van der Waals surface area contributed by atoms with Crippen molar-refractivity contribution < 1.29 is 14.3 Å². The van der Waals surface area contributed by atoms with Crippen LogP contribution in [0, 0.1) is 12.7 Å². The van der Waals surface area contributed by atoms with Crippen molar-refractivity contribution in [3.63, 3.8) is 0 Å². The van der Waals surface area contributed by atoms with Crippen LogP contribution >= 0.6 is 12.4 Å². The molecule has 1 aliphatic heterocycles. The first-order valence-corrected chi connectivity index (χ1v) is 8.05. The number of benzene rings is 2. The van der Waals surface area contributed by atoms with Crippen LogP contribution in [0.4, 0.5) is 4.39 Å². The Hall–Kier alpha value is -1.95. The maximum absolute atomic E-state index is 13.6. The molecule has 6 heteroatoms. The highest BCUT2D eigenvalue weighted by Crippen LogP contribution is 2.31. The molecular formula is C19H22ClFN2O2. The Morgan fingerprint density at radius 2 is 2.00 bits per heavy atom. The standard InChI is InChI=1S/C19H21FN2O2.ClH/c1-13-9-14(11-16(20)10-13)18(24)22-19(7-8-21-12-17(19)23)15-5-3-2-4-6-15;/h2-6,9-11,17,21,23H,7-8,12H2,1H3,(H,22,24);1H/t17-,19+;/m1./s1. The van der Waals surface area contributed by atoms with Gasteiger partial charge in [-0.25, -0.2) is 4.39 Å². The van der Waals surface area contributed by atoms with E-state index in [1.807, 2.05) is 30.3 Å². The number of nitrogens with one attached hydrogen (secondary N) is 2. The summed E-state index contributed by atoms with van der Waals surface area (Å²) >= 11 is 0. The Labute approximate surface area is 152 Å². The summed E-state index contributed by atoms with van der Waals surface area (Å²) < 4.78 is 13.6. The van der Waals surface area contributed by atoms with Gasteiger partial charge in [0.15, 0.2) is 0 Å². The quantitative estimate of drug-likeness (QED) is 0.784. The number of piperidine rings is 1. The van der Waals surface area contributed by atoms with Crippen LogP contribution in [0.15, 0.2) is 48.5 Å². The van der Waals surface area contributed by atoms with E-state index in [2.05, 4.69) is 10.6 Å². The van der Waals surface area contributed by atoms with Gasteiger partial charge in [-0.2, -0.15) is 0 Å². The molecule has 1 aliphatic rings. The molecule has 4 nitrogen and oxygen atoms in total. The lowest BCUT2D eigenvalue weighted by molar-refractivity contribution is 0.0289. The van der Waals surface area contributed by atoms with Crippen molar-refractivity contribution >= 4 is 18.3 Å². The highest BCUT2D eigenvalue weighted by molar-refractivity contribution is 5.95. The highest BCUT2D eigenvalue weighted by Gasteiger charge is 2.42. The second-order valence-electron chi connectivity index (χ2n) is 6.28. The van der Waals surface area contributed by atoms with Crippen molar-refractivity contribution in [3.05, 3.63) is 71.0 Å². The molecule has 2 atom stereocenters. The normalized spacial score (nSPS) is 22.8. The predicted molar refractivity (Wildman–Crippen MR) is 97.5 cm³/mol. The Morgan fingerprint density at radius 1 is 1.28 bits per heavy atom. The highest BCUT2D eigenvalue weighted by atomic mass is 35.5. The van der Waals surface area contributed by atoms with Gasteiger partial charge in [-0.1, -0.05) is 30.3 Å². The average Bonchev–Trinajstić information content (AvgIpc) is 2.57. The molecule has 0 bridgehead atoms. The topological polar surface area (TPSA) is 61.4 Å². The number of aryl methyl sites for hydroxylation is 1. The summed E-state index contributed by atoms with van der Waals surface area (Å²) in [6, 6.07) is 13.7. The molecule has 0 aromatic heterocycles. The smallest absolute Gasteiger partial charge is 0.252 e. The zero-order chi connectivity index (χ0) is 17.2. The molecule has 134 valence electrons. The summed E-state index contributed by atoms with van der Waals surface area (Å²) in [4.78, 5) is 12.7. The van der Waals surface area contributed by atoms with Crippen LogP contribution < -0.4 is 10.6 Å². The minimum atomic E-state index is -0.885. The van der Waals surface area contributed by atoms with Gasteiger partial charge in [0.2, 0.25) is 0 Å².